The molecule has 0 spiro atoms. The van der Waals surface area contributed by atoms with E-state index < -0.39 is 6.36 Å². The van der Waals surface area contributed by atoms with E-state index in [1.165, 1.54) is 12.1 Å². The van der Waals surface area contributed by atoms with E-state index in [4.69, 9.17) is 35.4 Å². The first-order valence-electron chi connectivity index (χ1n) is 10.5. The summed E-state index contributed by atoms with van der Waals surface area (Å²) in [6.45, 7) is 0.613. The first kappa shape index (κ1) is 25.7. The second kappa shape index (κ2) is 11.2. The fourth-order valence-corrected chi connectivity index (χ4v) is 4.00. The Hall–Kier alpha value is -3.34. The first-order chi connectivity index (χ1) is 17.2. The van der Waals surface area contributed by atoms with Gasteiger partial charge in [-0.15, -0.1) is 13.2 Å². The van der Waals surface area contributed by atoms with Crippen LogP contribution in [-0.4, -0.2) is 29.9 Å². The maximum Gasteiger partial charge on any atom is 0.573 e. The molecule has 0 fully saturated rings. The van der Waals surface area contributed by atoms with Crippen molar-refractivity contribution < 1.29 is 17.9 Å². The zero-order valence-electron chi connectivity index (χ0n) is 18.4. The number of nitrogens with one attached hydrogen (secondary N) is 2. The van der Waals surface area contributed by atoms with Gasteiger partial charge in [-0.25, -0.2) is 0 Å². The van der Waals surface area contributed by atoms with E-state index >= 15 is 0 Å². The average Bonchev–Trinajstić information content (AvgIpc) is 3.32. The van der Waals surface area contributed by atoms with E-state index in [2.05, 4.69) is 25.7 Å². The van der Waals surface area contributed by atoms with Gasteiger partial charge in [0, 0.05) is 13.0 Å². The van der Waals surface area contributed by atoms with Gasteiger partial charge in [0.05, 0.1) is 33.3 Å². The SMILES string of the molecule is FC(F)(F)Oc1ccc(N2CCC(c3ccc(/C=N/NC(=S)Nc4c(Cl)cccc4Cl)cc3)=N2)cc1. The van der Waals surface area contributed by atoms with Crippen LogP contribution in [0.5, 0.6) is 5.75 Å². The quantitative estimate of drug-likeness (QED) is 0.200. The van der Waals surface area contributed by atoms with Crippen LogP contribution in [0, 0.1) is 0 Å². The van der Waals surface area contributed by atoms with Crippen LogP contribution in [-0.2, 0) is 0 Å². The molecule has 0 aromatic heterocycles. The molecule has 0 aliphatic carbocycles. The lowest BCUT2D eigenvalue weighted by Crippen LogP contribution is -2.24. The summed E-state index contributed by atoms with van der Waals surface area (Å²) in [5.74, 6) is -0.273. The number of rotatable bonds is 6. The Kier molecular flexibility index (Phi) is 7.97. The lowest BCUT2D eigenvalue weighted by atomic mass is 10.1. The summed E-state index contributed by atoms with van der Waals surface area (Å²) in [4.78, 5) is 0. The number of thiocarbonyl (C=S) groups is 1. The second-order valence-electron chi connectivity index (χ2n) is 7.50. The van der Waals surface area contributed by atoms with Gasteiger partial charge in [0.1, 0.15) is 5.75 Å². The van der Waals surface area contributed by atoms with Crippen molar-refractivity contribution in [2.45, 2.75) is 12.8 Å². The number of hydrazone groups is 2. The topological polar surface area (TPSA) is 61.2 Å². The second-order valence-corrected chi connectivity index (χ2v) is 8.73. The fraction of sp³-hybridized carbons (Fsp3) is 0.125. The smallest absolute Gasteiger partial charge is 0.406 e. The van der Waals surface area contributed by atoms with Gasteiger partial charge in [0.15, 0.2) is 5.11 Å². The number of nitrogens with zero attached hydrogens (tertiary/aromatic N) is 3. The number of para-hydroxylation sites is 1. The van der Waals surface area contributed by atoms with Crippen LogP contribution < -0.4 is 20.5 Å². The number of benzene rings is 3. The molecule has 0 unspecified atom stereocenters. The van der Waals surface area contributed by atoms with E-state index in [0.29, 0.717) is 34.4 Å². The van der Waals surface area contributed by atoms with Crippen molar-refractivity contribution >= 4 is 63.8 Å². The molecule has 0 radical (unpaired) electrons. The molecule has 2 N–H and O–H groups in total. The van der Waals surface area contributed by atoms with Crippen molar-refractivity contribution in [3.8, 4) is 5.75 Å². The van der Waals surface area contributed by atoms with E-state index in [1.54, 1.807) is 41.6 Å². The minimum atomic E-state index is -4.72. The highest BCUT2D eigenvalue weighted by Crippen LogP contribution is 2.30. The molecule has 1 aliphatic rings. The van der Waals surface area contributed by atoms with Gasteiger partial charge in [-0.05, 0) is 59.7 Å². The third-order valence-corrected chi connectivity index (χ3v) is 5.82. The Morgan fingerprint density at radius 1 is 1.03 bits per heavy atom. The molecule has 0 atom stereocenters. The number of ether oxygens (including phenoxy) is 1. The summed E-state index contributed by atoms with van der Waals surface area (Å²) in [7, 11) is 0. The number of anilines is 2. The molecule has 1 aliphatic heterocycles. The zero-order valence-corrected chi connectivity index (χ0v) is 20.7. The Balaban J connectivity index is 1.33. The van der Waals surface area contributed by atoms with Crippen molar-refractivity contribution in [2.75, 3.05) is 16.9 Å². The van der Waals surface area contributed by atoms with Crippen LogP contribution in [0.4, 0.5) is 24.5 Å². The van der Waals surface area contributed by atoms with Crippen molar-refractivity contribution in [3.05, 3.63) is 87.9 Å². The Labute approximate surface area is 220 Å². The van der Waals surface area contributed by atoms with Crippen LogP contribution in [0.1, 0.15) is 17.5 Å². The summed E-state index contributed by atoms with van der Waals surface area (Å²) >= 11 is 17.4. The number of hydrogen-bond donors (Lipinski definition) is 2. The highest BCUT2D eigenvalue weighted by atomic mass is 35.5. The maximum atomic E-state index is 12.3. The molecule has 6 nitrogen and oxygen atoms in total. The number of hydrogen-bond acceptors (Lipinski definition) is 5. The molecule has 3 aromatic carbocycles. The van der Waals surface area contributed by atoms with Crippen LogP contribution >= 0.6 is 35.4 Å². The Bertz CT molecular complexity index is 1280. The highest BCUT2D eigenvalue weighted by molar-refractivity contribution is 7.80. The van der Waals surface area contributed by atoms with Crippen molar-refractivity contribution in [1.29, 1.82) is 0 Å². The van der Waals surface area contributed by atoms with Gasteiger partial charge in [-0.2, -0.15) is 10.2 Å². The third kappa shape index (κ3) is 6.87. The van der Waals surface area contributed by atoms with Crippen molar-refractivity contribution in [1.82, 2.24) is 5.43 Å². The molecule has 1 heterocycles. The molecule has 0 amide bonds. The van der Waals surface area contributed by atoms with Gasteiger partial charge in [-0.3, -0.25) is 10.4 Å². The van der Waals surface area contributed by atoms with Crippen LogP contribution in [0.15, 0.2) is 76.9 Å². The predicted octanol–water partition coefficient (Wildman–Crippen LogP) is 6.83. The lowest BCUT2D eigenvalue weighted by Gasteiger charge is -2.14. The minimum Gasteiger partial charge on any atom is -0.406 e. The molecule has 4 rings (SSSR count). The maximum absolute atomic E-state index is 12.3. The molecular formula is C24H18Cl2F3N5OS. The summed E-state index contributed by atoms with van der Waals surface area (Å²) in [6, 6.07) is 18.3. The van der Waals surface area contributed by atoms with Crippen LogP contribution in [0.2, 0.25) is 10.0 Å². The minimum absolute atomic E-state index is 0.233. The summed E-state index contributed by atoms with van der Waals surface area (Å²) in [6.07, 6.45) is -2.42. The molecule has 12 heteroatoms. The normalized spacial score (nSPS) is 13.6. The van der Waals surface area contributed by atoms with Gasteiger partial charge in [0.25, 0.3) is 0 Å². The van der Waals surface area contributed by atoms with E-state index in [-0.39, 0.29) is 10.9 Å². The van der Waals surface area contributed by atoms with Crippen LogP contribution in [0.25, 0.3) is 0 Å². The third-order valence-electron chi connectivity index (χ3n) is 5.00. The fourth-order valence-electron chi connectivity index (χ4n) is 3.35. The molecule has 36 heavy (non-hydrogen) atoms. The molecular weight excluding hydrogens is 534 g/mol. The first-order valence-corrected chi connectivity index (χ1v) is 11.7. The zero-order chi connectivity index (χ0) is 25.7. The average molecular weight is 552 g/mol. The van der Waals surface area contributed by atoms with E-state index in [0.717, 1.165) is 16.8 Å². The summed E-state index contributed by atoms with van der Waals surface area (Å²) < 4.78 is 40.9. The Morgan fingerprint density at radius 3 is 2.33 bits per heavy atom. The summed E-state index contributed by atoms with van der Waals surface area (Å²) in [5.41, 5.74) is 6.53. The summed E-state index contributed by atoms with van der Waals surface area (Å²) in [5, 5.41) is 14.5. The Morgan fingerprint density at radius 2 is 1.69 bits per heavy atom. The van der Waals surface area contributed by atoms with Crippen molar-refractivity contribution in [3.63, 3.8) is 0 Å². The lowest BCUT2D eigenvalue weighted by molar-refractivity contribution is -0.274. The largest absolute Gasteiger partial charge is 0.573 e. The van der Waals surface area contributed by atoms with E-state index in [1.807, 2.05) is 24.3 Å². The van der Waals surface area contributed by atoms with Gasteiger partial charge >= 0.3 is 6.36 Å². The monoisotopic (exact) mass is 551 g/mol. The molecule has 0 saturated heterocycles. The van der Waals surface area contributed by atoms with Crippen molar-refractivity contribution in [2.24, 2.45) is 10.2 Å². The molecule has 0 bridgehead atoms. The number of alkyl halides is 3. The van der Waals surface area contributed by atoms with Gasteiger partial charge in [-0.1, -0.05) is 53.5 Å². The molecule has 0 saturated carbocycles. The van der Waals surface area contributed by atoms with Gasteiger partial charge < -0.3 is 10.1 Å². The van der Waals surface area contributed by atoms with Gasteiger partial charge in [0.2, 0.25) is 0 Å². The molecule has 3 aromatic rings. The van der Waals surface area contributed by atoms with Crippen LogP contribution in [0.3, 0.4) is 0 Å². The standard InChI is InChI=1S/C24H18Cl2F3N5OS/c25-19-2-1-3-20(26)22(19)31-23(36)32-30-14-15-4-6-16(7-5-15)21-12-13-34(33-21)17-8-10-18(11-9-17)35-24(27,28)29/h1-11,14H,12-13H2,(H2,31,32,36)/b30-14+. The molecule has 186 valence electrons. The predicted molar refractivity (Wildman–Crippen MR) is 141 cm³/mol. The van der Waals surface area contributed by atoms with E-state index in [9.17, 15) is 13.2 Å². The highest BCUT2D eigenvalue weighted by Gasteiger charge is 2.31. The number of halogens is 5.